The van der Waals surface area contributed by atoms with Crippen molar-refractivity contribution in [2.45, 2.75) is 0 Å². The molecule has 19 heavy (non-hydrogen) atoms. The number of halogens is 2. The summed E-state index contributed by atoms with van der Waals surface area (Å²) in [6.45, 7) is 0. The second-order valence-electron chi connectivity index (χ2n) is 3.57. The molecule has 6 heteroatoms. The zero-order valence-corrected chi connectivity index (χ0v) is 11.1. The molecule has 0 radical (unpaired) electrons. The van der Waals surface area contributed by atoms with Crippen LogP contribution in [0.3, 0.4) is 0 Å². The summed E-state index contributed by atoms with van der Waals surface area (Å²) in [5, 5.41) is 11.3. The van der Waals surface area contributed by atoms with Crippen LogP contribution in [0, 0.1) is 17.1 Å². The van der Waals surface area contributed by atoms with Gasteiger partial charge in [0.1, 0.15) is 27.7 Å². The number of nitrogens with zero attached hydrogens (tertiary/aromatic N) is 2. The van der Waals surface area contributed by atoms with Crippen molar-refractivity contribution in [1.82, 2.24) is 4.98 Å². The van der Waals surface area contributed by atoms with E-state index in [2.05, 4.69) is 26.2 Å². The van der Waals surface area contributed by atoms with Crippen LogP contribution in [0.15, 0.2) is 41.0 Å². The normalized spacial score (nSPS) is 9.74. The molecule has 1 aromatic carbocycles. The number of aromatic nitrogens is 1. The van der Waals surface area contributed by atoms with Crippen molar-refractivity contribution in [3.8, 4) is 6.07 Å². The highest BCUT2D eigenvalue weighted by atomic mass is 79.9. The average Bonchev–Trinajstić information content (AvgIpc) is 2.39. The molecular formula is C13H7BrFN3O. The van der Waals surface area contributed by atoms with Crippen molar-refractivity contribution in [3.05, 3.63) is 58.1 Å². The number of carbonyl (C=O) groups is 1. The molecule has 2 aromatic rings. The van der Waals surface area contributed by atoms with Crippen LogP contribution >= 0.6 is 15.9 Å². The van der Waals surface area contributed by atoms with Gasteiger partial charge >= 0.3 is 0 Å². The Balaban J connectivity index is 2.30. The molecule has 4 nitrogen and oxygen atoms in total. The Morgan fingerprint density at radius 3 is 2.74 bits per heavy atom. The van der Waals surface area contributed by atoms with Gasteiger partial charge in [-0.25, -0.2) is 9.37 Å². The van der Waals surface area contributed by atoms with Crippen LogP contribution in [0.5, 0.6) is 0 Å². The minimum Gasteiger partial charge on any atom is -0.319 e. The van der Waals surface area contributed by atoms with E-state index >= 15 is 0 Å². The highest BCUT2D eigenvalue weighted by Crippen LogP contribution is 2.18. The Hall–Kier alpha value is -2.26. The third-order valence-corrected chi connectivity index (χ3v) is 2.76. The number of hydrogen-bond donors (Lipinski definition) is 1. The highest BCUT2D eigenvalue weighted by Gasteiger charge is 2.13. The van der Waals surface area contributed by atoms with E-state index in [1.165, 1.54) is 18.2 Å². The predicted octanol–water partition coefficient (Wildman–Crippen LogP) is 3.11. The Bertz CT molecular complexity index is 682. The first-order valence-electron chi connectivity index (χ1n) is 5.24. The van der Waals surface area contributed by atoms with E-state index in [4.69, 9.17) is 5.26 Å². The average molecular weight is 320 g/mol. The lowest BCUT2D eigenvalue weighted by atomic mass is 10.2. The van der Waals surface area contributed by atoms with Crippen LogP contribution in [0.2, 0.25) is 0 Å². The van der Waals surface area contributed by atoms with Crippen molar-refractivity contribution in [3.63, 3.8) is 0 Å². The van der Waals surface area contributed by atoms with Crippen molar-refractivity contribution in [2.24, 2.45) is 0 Å². The molecule has 0 bridgehead atoms. The van der Waals surface area contributed by atoms with Gasteiger partial charge in [-0.15, -0.1) is 0 Å². The smallest absolute Gasteiger partial charge is 0.274 e. The van der Waals surface area contributed by atoms with Crippen molar-refractivity contribution >= 4 is 27.5 Å². The van der Waals surface area contributed by atoms with Crippen LogP contribution in [0.4, 0.5) is 10.1 Å². The lowest BCUT2D eigenvalue weighted by Crippen LogP contribution is -2.14. The standard InChI is InChI=1S/C13H7BrFN3O/c14-12-6-2-5-11(17-12)13(19)18-10-4-1-3-9(15)8(10)7-16/h1-6H,(H,18,19). The van der Waals surface area contributed by atoms with E-state index in [1.54, 1.807) is 18.2 Å². The maximum Gasteiger partial charge on any atom is 0.274 e. The summed E-state index contributed by atoms with van der Waals surface area (Å²) in [5.41, 5.74) is 0.0858. The third kappa shape index (κ3) is 2.95. The first-order valence-corrected chi connectivity index (χ1v) is 6.03. The second-order valence-corrected chi connectivity index (χ2v) is 4.39. The van der Waals surface area contributed by atoms with Gasteiger partial charge in [-0.2, -0.15) is 5.26 Å². The fraction of sp³-hybridized carbons (Fsp3) is 0. The van der Waals surface area contributed by atoms with Crippen LogP contribution in [-0.2, 0) is 0 Å². The lowest BCUT2D eigenvalue weighted by molar-refractivity contribution is 0.102. The summed E-state index contributed by atoms with van der Waals surface area (Å²) < 4.78 is 13.9. The van der Waals surface area contributed by atoms with Crippen LogP contribution in [0.1, 0.15) is 16.1 Å². The Kier molecular flexibility index (Phi) is 3.88. The maximum atomic E-state index is 13.4. The summed E-state index contributed by atoms with van der Waals surface area (Å²) in [5.74, 6) is -1.19. The molecule has 0 aliphatic heterocycles. The van der Waals surface area contributed by atoms with Crippen LogP contribution < -0.4 is 5.32 Å². The third-order valence-electron chi connectivity index (χ3n) is 2.32. The number of carbonyl (C=O) groups excluding carboxylic acids is 1. The molecule has 0 saturated carbocycles. The van der Waals surface area contributed by atoms with Gasteiger partial charge < -0.3 is 5.32 Å². The quantitative estimate of drug-likeness (QED) is 0.865. The van der Waals surface area contributed by atoms with Crippen molar-refractivity contribution < 1.29 is 9.18 Å². The van der Waals surface area contributed by atoms with Gasteiger partial charge in [0.25, 0.3) is 5.91 Å². The van der Waals surface area contributed by atoms with Gasteiger partial charge in [0, 0.05) is 0 Å². The molecule has 0 aliphatic rings. The lowest BCUT2D eigenvalue weighted by Gasteiger charge is -2.07. The predicted molar refractivity (Wildman–Crippen MR) is 71.0 cm³/mol. The fourth-order valence-electron chi connectivity index (χ4n) is 1.46. The number of nitrogens with one attached hydrogen (secondary N) is 1. The molecule has 1 aromatic heterocycles. The summed E-state index contributed by atoms with van der Waals surface area (Å²) in [4.78, 5) is 15.9. The fourth-order valence-corrected chi connectivity index (χ4v) is 1.81. The largest absolute Gasteiger partial charge is 0.319 e. The summed E-state index contributed by atoms with van der Waals surface area (Å²) >= 11 is 3.15. The number of pyridine rings is 1. The van der Waals surface area contributed by atoms with Gasteiger partial charge in [-0.1, -0.05) is 12.1 Å². The second kappa shape index (κ2) is 5.59. The van der Waals surface area contributed by atoms with E-state index in [1.807, 2.05) is 0 Å². The molecule has 0 fully saturated rings. The number of rotatable bonds is 2. The molecule has 2 rings (SSSR count). The number of anilines is 1. The van der Waals surface area contributed by atoms with E-state index in [0.29, 0.717) is 4.60 Å². The van der Waals surface area contributed by atoms with Crippen LogP contribution in [-0.4, -0.2) is 10.9 Å². The summed E-state index contributed by atoms with van der Waals surface area (Å²) in [6.07, 6.45) is 0. The molecule has 1 heterocycles. The minimum atomic E-state index is -0.678. The maximum absolute atomic E-state index is 13.4. The van der Waals surface area contributed by atoms with E-state index in [-0.39, 0.29) is 16.9 Å². The molecule has 94 valence electrons. The molecule has 0 atom stereocenters. The zero-order valence-electron chi connectivity index (χ0n) is 9.52. The molecule has 0 unspecified atom stereocenters. The molecule has 0 saturated heterocycles. The summed E-state index contributed by atoms with van der Waals surface area (Å²) in [7, 11) is 0. The van der Waals surface area contributed by atoms with Crippen molar-refractivity contribution in [1.29, 1.82) is 5.26 Å². The molecule has 1 N–H and O–H groups in total. The molecule has 0 aliphatic carbocycles. The van der Waals surface area contributed by atoms with Crippen molar-refractivity contribution in [2.75, 3.05) is 5.32 Å². The van der Waals surface area contributed by atoms with Crippen LogP contribution in [0.25, 0.3) is 0 Å². The number of hydrogen-bond acceptors (Lipinski definition) is 3. The molecular weight excluding hydrogens is 313 g/mol. The monoisotopic (exact) mass is 319 g/mol. The van der Waals surface area contributed by atoms with E-state index in [0.717, 1.165) is 6.07 Å². The summed E-state index contributed by atoms with van der Waals surface area (Å²) in [6, 6.07) is 10.6. The van der Waals surface area contributed by atoms with Gasteiger partial charge in [-0.3, -0.25) is 4.79 Å². The minimum absolute atomic E-state index is 0.120. The van der Waals surface area contributed by atoms with Gasteiger partial charge in [0.15, 0.2) is 0 Å². The van der Waals surface area contributed by atoms with Gasteiger partial charge in [0.05, 0.1) is 5.69 Å². The first kappa shape index (κ1) is 13.2. The van der Waals surface area contributed by atoms with E-state index < -0.39 is 11.7 Å². The Morgan fingerprint density at radius 2 is 2.05 bits per heavy atom. The van der Waals surface area contributed by atoms with E-state index in [9.17, 15) is 9.18 Å². The topological polar surface area (TPSA) is 65.8 Å². The first-order chi connectivity index (χ1) is 9.11. The Morgan fingerprint density at radius 1 is 1.32 bits per heavy atom. The number of amides is 1. The van der Waals surface area contributed by atoms with Gasteiger partial charge in [-0.05, 0) is 40.2 Å². The SMILES string of the molecule is N#Cc1c(F)cccc1NC(=O)c1cccc(Br)n1. The molecule has 1 amide bonds. The highest BCUT2D eigenvalue weighted by molar-refractivity contribution is 9.10. The number of benzene rings is 1. The Labute approximate surface area is 117 Å². The zero-order chi connectivity index (χ0) is 13.8. The van der Waals surface area contributed by atoms with Gasteiger partial charge in [0.2, 0.25) is 0 Å². The molecule has 0 spiro atoms. The number of nitriles is 1.